The summed E-state index contributed by atoms with van der Waals surface area (Å²) in [7, 11) is 0. The molecule has 3 N–H and O–H groups in total. The van der Waals surface area contributed by atoms with Crippen LogP contribution in [0.25, 0.3) is 11.1 Å². The number of Topliss-reactive ketones (excluding diaryl/α,β-unsaturated/α-hetero) is 1. The highest BCUT2D eigenvalue weighted by Crippen LogP contribution is 2.36. The number of nitrogens with zero attached hydrogens (tertiary/aromatic N) is 1. The van der Waals surface area contributed by atoms with E-state index in [0.717, 1.165) is 0 Å². The van der Waals surface area contributed by atoms with Crippen molar-refractivity contribution in [2.24, 2.45) is 0 Å². The van der Waals surface area contributed by atoms with E-state index in [9.17, 15) is 41.5 Å². The normalized spacial score (nSPS) is 17.5. The Bertz CT molecular complexity index is 1130. The van der Waals surface area contributed by atoms with Gasteiger partial charge in [-0.15, -0.1) is 0 Å². The third-order valence-electron chi connectivity index (χ3n) is 6.41. The van der Waals surface area contributed by atoms with Crippen LogP contribution in [0.2, 0.25) is 0 Å². The number of aliphatic hydroxyl groups excluding tert-OH is 1. The van der Waals surface area contributed by atoms with Crippen molar-refractivity contribution in [1.29, 1.82) is 5.26 Å². The zero-order valence-electron chi connectivity index (χ0n) is 20.8. The zero-order valence-corrected chi connectivity index (χ0v) is 20.8. The first-order chi connectivity index (χ1) is 17.6. The third-order valence-corrected chi connectivity index (χ3v) is 6.41. The number of hydrogen-bond acceptors (Lipinski definition) is 5. The summed E-state index contributed by atoms with van der Waals surface area (Å²) in [5.74, 6) is -0.686. The van der Waals surface area contributed by atoms with E-state index in [1.165, 1.54) is 62.4 Å². The van der Waals surface area contributed by atoms with Crippen molar-refractivity contribution < 1.29 is 36.2 Å². The van der Waals surface area contributed by atoms with Crippen LogP contribution in [0.15, 0.2) is 48.5 Å². The van der Waals surface area contributed by atoms with Crippen LogP contribution >= 0.6 is 0 Å². The molecular weight excluding hydrogens is 512 g/mol. The van der Waals surface area contributed by atoms with Crippen molar-refractivity contribution in [2.45, 2.75) is 75.1 Å². The molecule has 0 heterocycles. The van der Waals surface area contributed by atoms with Gasteiger partial charge in [-0.05, 0) is 48.9 Å². The van der Waals surface area contributed by atoms with Gasteiger partial charge in [0.2, 0.25) is 0 Å². The van der Waals surface area contributed by atoms with Gasteiger partial charge < -0.3 is 5.11 Å². The predicted octanol–water partition coefficient (Wildman–Crippen LogP) is 5.57. The fourth-order valence-electron chi connectivity index (χ4n) is 4.05. The lowest BCUT2D eigenvalue weighted by Gasteiger charge is -2.30. The molecule has 1 aliphatic carbocycles. The standard InChI is InChI=1S/C27H29F6N3O2/c1-25(2,30)13-20(21(37)14-35-26(15-34)11-12-26)36-23(27(31,32)33)19-9-5-17(6-10-19)16-3-7-18(8-4-16)22(38)24(28)29/h3-10,20,22-24,35-36,38H,11-14H2,1-2H3/t20-,22+,23-/m0/s1. The first kappa shape index (κ1) is 29.6. The maximum atomic E-state index is 14.5. The Balaban J connectivity index is 1.80. The molecule has 0 radical (unpaired) electrons. The number of rotatable bonds is 12. The van der Waals surface area contributed by atoms with E-state index in [0.29, 0.717) is 24.0 Å². The predicted molar refractivity (Wildman–Crippen MR) is 129 cm³/mol. The molecule has 0 bridgehead atoms. The summed E-state index contributed by atoms with van der Waals surface area (Å²) in [6.45, 7) is 1.97. The number of benzene rings is 2. The number of carbonyl (C=O) groups excluding carboxylic acids is 1. The van der Waals surface area contributed by atoms with Crippen LogP contribution in [0.1, 0.15) is 56.4 Å². The molecule has 0 aliphatic heterocycles. The maximum Gasteiger partial charge on any atom is 0.407 e. The van der Waals surface area contributed by atoms with Crippen LogP contribution < -0.4 is 10.6 Å². The van der Waals surface area contributed by atoms with Gasteiger partial charge in [0.1, 0.15) is 23.4 Å². The molecule has 2 aromatic carbocycles. The van der Waals surface area contributed by atoms with Crippen molar-refractivity contribution in [2.75, 3.05) is 6.54 Å². The maximum absolute atomic E-state index is 14.5. The summed E-state index contributed by atoms with van der Waals surface area (Å²) >= 11 is 0. The van der Waals surface area contributed by atoms with Crippen LogP contribution in [0, 0.1) is 11.3 Å². The van der Waals surface area contributed by atoms with Gasteiger partial charge in [0.15, 0.2) is 5.78 Å². The molecule has 0 aromatic heterocycles. The Hall–Kier alpha value is -2.94. The Labute approximate surface area is 216 Å². The molecule has 1 saturated carbocycles. The van der Waals surface area contributed by atoms with Gasteiger partial charge in [-0.2, -0.15) is 18.4 Å². The second-order valence-electron chi connectivity index (χ2n) is 10.2. The fourth-order valence-corrected chi connectivity index (χ4v) is 4.05. The molecule has 0 amide bonds. The van der Waals surface area contributed by atoms with Gasteiger partial charge in [-0.3, -0.25) is 15.4 Å². The van der Waals surface area contributed by atoms with Crippen LogP contribution in [0.3, 0.4) is 0 Å². The van der Waals surface area contributed by atoms with Crippen LogP contribution in [-0.4, -0.2) is 47.3 Å². The number of alkyl halides is 6. The van der Waals surface area contributed by atoms with Gasteiger partial charge in [0, 0.05) is 6.42 Å². The number of ketones is 1. The number of halogens is 6. The molecule has 1 fully saturated rings. The minimum absolute atomic E-state index is 0.00469. The number of aliphatic hydroxyl groups is 1. The average Bonchev–Trinajstić information content (AvgIpc) is 3.64. The molecule has 3 rings (SSSR count). The molecule has 0 unspecified atom stereocenters. The Morgan fingerprint density at radius 2 is 1.50 bits per heavy atom. The van der Waals surface area contributed by atoms with Crippen molar-refractivity contribution >= 4 is 5.78 Å². The molecule has 1 aliphatic rings. The van der Waals surface area contributed by atoms with E-state index in [1.54, 1.807) is 0 Å². The van der Waals surface area contributed by atoms with Gasteiger partial charge in [-0.1, -0.05) is 48.5 Å². The van der Waals surface area contributed by atoms with E-state index < -0.39 is 54.2 Å². The van der Waals surface area contributed by atoms with Crippen molar-refractivity contribution in [1.82, 2.24) is 10.6 Å². The second kappa shape index (κ2) is 11.4. The van der Waals surface area contributed by atoms with Crippen LogP contribution in [-0.2, 0) is 4.79 Å². The average molecular weight is 542 g/mol. The zero-order chi connectivity index (χ0) is 28.3. The number of hydrogen-bond donors (Lipinski definition) is 3. The highest BCUT2D eigenvalue weighted by atomic mass is 19.4. The molecule has 0 spiro atoms. The summed E-state index contributed by atoms with van der Waals surface area (Å²) in [5, 5.41) is 23.7. The van der Waals surface area contributed by atoms with Crippen molar-refractivity contribution in [3.05, 3.63) is 59.7 Å². The number of nitrogens with one attached hydrogen (secondary N) is 2. The summed E-state index contributed by atoms with van der Waals surface area (Å²) in [4.78, 5) is 12.8. The smallest absolute Gasteiger partial charge is 0.382 e. The SMILES string of the molecule is CC(C)(F)C[C@H](N[C@@H](c1ccc(-c2ccc([C@@H](O)C(F)F)cc2)cc1)C(F)(F)F)C(=O)CNC1(C#N)CC1. The van der Waals surface area contributed by atoms with Crippen LogP contribution in [0.4, 0.5) is 26.3 Å². The van der Waals surface area contributed by atoms with Gasteiger partial charge in [-0.25, -0.2) is 13.2 Å². The highest BCUT2D eigenvalue weighted by Gasteiger charge is 2.45. The number of carbonyl (C=O) groups is 1. The first-order valence-corrected chi connectivity index (χ1v) is 12.0. The summed E-state index contributed by atoms with van der Waals surface area (Å²) in [5.41, 5.74) is -1.97. The molecule has 11 heteroatoms. The molecular formula is C27H29F6N3O2. The highest BCUT2D eigenvalue weighted by molar-refractivity contribution is 5.86. The lowest BCUT2D eigenvalue weighted by molar-refractivity contribution is -0.161. The molecule has 38 heavy (non-hydrogen) atoms. The topological polar surface area (TPSA) is 85.2 Å². The van der Waals surface area contributed by atoms with Gasteiger partial charge in [0.05, 0.1) is 18.7 Å². The van der Waals surface area contributed by atoms with E-state index in [-0.39, 0.29) is 17.7 Å². The third kappa shape index (κ3) is 7.79. The molecule has 3 atom stereocenters. The minimum Gasteiger partial charge on any atom is -0.382 e. The number of nitriles is 1. The summed E-state index contributed by atoms with van der Waals surface area (Å²) in [6, 6.07) is 9.09. The van der Waals surface area contributed by atoms with E-state index in [4.69, 9.17) is 0 Å². The summed E-state index contributed by atoms with van der Waals surface area (Å²) in [6.07, 6.45) is -9.17. The monoisotopic (exact) mass is 541 g/mol. The van der Waals surface area contributed by atoms with Crippen molar-refractivity contribution in [3.63, 3.8) is 0 Å². The van der Waals surface area contributed by atoms with Crippen molar-refractivity contribution in [3.8, 4) is 17.2 Å². The summed E-state index contributed by atoms with van der Waals surface area (Å²) < 4.78 is 82.1. The van der Waals surface area contributed by atoms with E-state index in [1.807, 2.05) is 6.07 Å². The lowest BCUT2D eigenvalue weighted by atomic mass is 9.94. The fraction of sp³-hybridized carbons (Fsp3) is 0.481. The quantitative estimate of drug-likeness (QED) is 0.306. The Morgan fingerprint density at radius 3 is 1.89 bits per heavy atom. The van der Waals surface area contributed by atoms with Gasteiger partial charge in [0.25, 0.3) is 6.43 Å². The minimum atomic E-state index is -4.81. The molecule has 0 saturated heterocycles. The Morgan fingerprint density at radius 1 is 1.00 bits per heavy atom. The largest absolute Gasteiger partial charge is 0.407 e. The Kier molecular flexibility index (Phi) is 8.91. The van der Waals surface area contributed by atoms with E-state index in [2.05, 4.69) is 10.6 Å². The van der Waals surface area contributed by atoms with E-state index >= 15 is 0 Å². The molecule has 5 nitrogen and oxygen atoms in total. The molecule has 206 valence electrons. The first-order valence-electron chi connectivity index (χ1n) is 12.0. The van der Waals surface area contributed by atoms with Gasteiger partial charge >= 0.3 is 6.18 Å². The lowest BCUT2D eigenvalue weighted by Crippen LogP contribution is -2.50. The molecule has 2 aromatic rings. The van der Waals surface area contributed by atoms with Crippen LogP contribution in [0.5, 0.6) is 0 Å². The second-order valence-corrected chi connectivity index (χ2v) is 10.2.